The number of aromatic nitrogens is 3. The van der Waals surface area contributed by atoms with Crippen LogP contribution in [0.5, 0.6) is 0 Å². The van der Waals surface area contributed by atoms with Crippen LogP contribution in [0.2, 0.25) is 0 Å². The van der Waals surface area contributed by atoms with E-state index in [-0.39, 0.29) is 29.3 Å². The van der Waals surface area contributed by atoms with Crippen LogP contribution < -0.4 is 15.5 Å². The van der Waals surface area contributed by atoms with Crippen molar-refractivity contribution in [2.75, 3.05) is 68.1 Å². The minimum Gasteiger partial charge on any atom is -0.384 e. The van der Waals surface area contributed by atoms with Gasteiger partial charge in [-0.2, -0.15) is 18.2 Å². The van der Waals surface area contributed by atoms with Gasteiger partial charge in [0.1, 0.15) is 23.8 Å². The van der Waals surface area contributed by atoms with E-state index in [9.17, 15) is 13.2 Å². The van der Waals surface area contributed by atoms with Gasteiger partial charge in [0.05, 0.1) is 37.7 Å². The van der Waals surface area contributed by atoms with Crippen LogP contribution in [0.1, 0.15) is 5.56 Å². The molecule has 5 heterocycles. The molecule has 2 aromatic rings. The first-order chi connectivity index (χ1) is 15.4. The Morgan fingerprint density at radius 1 is 0.938 bits per heavy atom. The Morgan fingerprint density at radius 3 is 2.28 bits per heavy atom. The number of ether oxygens (including phenoxy) is 3. The first kappa shape index (κ1) is 21.2. The van der Waals surface area contributed by atoms with Crippen LogP contribution in [0, 0.1) is 0 Å². The Kier molecular flexibility index (Phi) is 5.51. The van der Waals surface area contributed by atoms with E-state index in [0.717, 1.165) is 12.3 Å². The number of nitrogens with two attached hydrogens (primary N) is 1. The molecule has 0 radical (unpaired) electrons. The van der Waals surface area contributed by atoms with E-state index in [2.05, 4.69) is 15.0 Å². The standard InChI is InChI=1S/C20H23F3N6O3/c21-20(22,23)13-7-17(24)25-9-12(13)14-8-18(27-19(26-14)28-1-3-30-4-2-28)29-10-15-16(11-29)32-6-5-31-15/h7-9,15-16H,1-6,10-11H2,(H2,24,25)/t15-,16-/m1/s1. The zero-order valence-corrected chi connectivity index (χ0v) is 17.2. The van der Waals surface area contributed by atoms with Gasteiger partial charge in [-0.05, 0) is 6.07 Å². The lowest BCUT2D eigenvalue weighted by molar-refractivity contribution is -0.137. The average Bonchev–Trinajstić information content (AvgIpc) is 3.23. The monoisotopic (exact) mass is 452 g/mol. The van der Waals surface area contributed by atoms with Crippen LogP contribution in [-0.2, 0) is 20.4 Å². The quantitative estimate of drug-likeness (QED) is 0.744. The summed E-state index contributed by atoms with van der Waals surface area (Å²) in [7, 11) is 0. The molecule has 12 heteroatoms. The van der Waals surface area contributed by atoms with Crippen LogP contribution >= 0.6 is 0 Å². The second kappa shape index (κ2) is 8.34. The summed E-state index contributed by atoms with van der Waals surface area (Å²) in [6, 6.07) is 2.39. The molecule has 2 atom stereocenters. The Labute approximate surface area is 182 Å². The summed E-state index contributed by atoms with van der Waals surface area (Å²) in [5, 5.41) is 0. The summed E-state index contributed by atoms with van der Waals surface area (Å²) in [5.41, 5.74) is 4.65. The maximum atomic E-state index is 13.8. The third-order valence-corrected chi connectivity index (χ3v) is 5.79. The molecule has 2 aromatic heterocycles. The molecule has 0 saturated carbocycles. The van der Waals surface area contributed by atoms with Crippen molar-refractivity contribution in [3.05, 3.63) is 23.9 Å². The first-order valence-electron chi connectivity index (χ1n) is 10.4. The fraction of sp³-hybridized carbons (Fsp3) is 0.550. The number of anilines is 3. The average molecular weight is 452 g/mol. The molecule has 32 heavy (non-hydrogen) atoms. The Balaban J connectivity index is 1.58. The highest BCUT2D eigenvalue weighted by molar-refractivity contribution is 5.69. The molecule has 0 unspecified atom stereocenters. The molecule has 3 aliphatic rings. The maximum absolute atomic E-state index is 13.8. The molecule has 3 fully saturated rings. The number of fused-ring (bicyclic) bond motifs is 1. The number of hydrogen-bond acceptors (Lipinski definition) is 9. The summed E-state index contributed by atoms with van der Waals surface area (Å²) in [6.45, 7) is 4.21. The van der Waals surface area contributed by atoms with Gasteiger partial charge in [0.25, 0.3) is 0 Å². The molecule has 3 aliphatic heterocycles. The summed E-state index contributed by atoms with van der Waals surface area (Å²) in [5.74, 6) is 0.659. The molecule has 2 N–H and O–H groups in total. The third kappa shape index (κ3) is 4.17. The molecule has 0 aliphatic carbocycles. The van der Waals surface area contributed by atoms with Crippen molar-refractivity contribution in [1.29, 1.82) is 0 Å². The van der Waals surface area contributed by atoms with Crippen LogP contribution in [0.25, 0.3) is 11.3 Å². The van der Waals surface area contributed by atoms with Crippen molar-refractivity contribution < 1.29 is 27.4 Å². The number of rotatable bonds is 3. The second-order valence-corrected chi connectivity index (χ2v) is 7.89. The number of halogens is 3. The molecule has 5 rings (SSSR count). The molecular weight excluding hydrogens is 429 g/mol. The number of pyridine rings is 1. The normalized spacial score (nSPS) is 24.0. The SMILES string of the molecule is Nc1cc(C(F)(F)F)c(-c2cc(N3C[C@H]4OCCO[C@@H]4C3)nc(N3CCOCC3)n2)cn1. The predicted octanol–water partition coefficient (Wildman–Crippen LogP) is 1.58. The second-order valence-electron chi connectivity index (χ2n) is 7.89. The lowest BCUT2D eigenvalue weighted by atomic mass is 10.1. The van der Waals surface area contributed by atoms with Gasteiger partial charge < -0.3 is 29.7 Å². The molecular formula is C20H23F3N6O3. The van der Waals surface area contributed by atoms with Crippen molar-refractivity contribution in [3.8, 4) is 11.3 Å². The molecule has 0 spiro atoms. The lowest BCUT2D eigenvalue weighted by Crippen LogP contribution is -2.37. The van der Waals surface area contributed by atoms with Crippen molar-refractivity contribution >= 4 is 17.6 Å². The Bertz CT molecular complexity index is 972. The van der Waals surface area contributed by atoms with E-state index < -0.39 is 11.7 Å². The fourth-order valence-corrected chi connectivity index (χ4v) is 4.19. The van der Waals surface area contributed by atoms with Gasteiger partial charge in [-0.25, -0.2) is 9.97 Å². The Hall–Kier alpha value is -2.70. The molecule has 9 nitrogen and oxygen atoms in total. The van der Waals surface area contributed by atoms with Crippen molar-refractivity contribution in [1.82, 2.24) is 15.0 Å². The molecule has 0 bridgehead atoms. The zero-order chi connectivity index (χ0) is 22.3. The van der Waals surface area contributed by atoms with Crippen LogP contribution in [0.15, 0.2) is 18.3 Å². The van der Waals surface area contributed by atoms with E-state index in [1.54, 1.807) is 6.07 Å². The van der Waals surface area contributed by atoms with Gasteiger partial charge >= 0.3 is 6.18 Å². The van der Waals surface area contributed by atoms with Gasteiger partial charge in [-0.3, -0.25) is 0 Å². The smallest absolute Gasteiger partial charge is 0.384 e. The van der Waals surface area contributed by atoms with E-state index in [1.807, 2.05) is 9.80 Å². The van der Waals surface area contributed by atoms with E-state index in [1.165, 1.54) is 0 Å². The van der Waals surface area contributed by atoms with Crippen LogP contribution in [0.3, 0.4) is 0 Å². The van der Waals surface area contributed by atoms with E-state index in [4.69, 9.17) is 19.9 Å². The molecule has 172 valence electrons. The van der Waals surface area contributed by atoms with Crippen LogP contribution in [0.4, 0.5) is 30.8 Å². The van der Waals surface area contributed by atoms with Gasteiger partial charge in [0, 0.05) is 44.0 Å². The lowest BCUT2D eigenvalue weighted by Gasteiger charge is -2.28. The number of alkyl halides is 3. The van der Waals surface area contributed by atoms with Crippen molar-refractivity contribution in [3.63, 3.8) is 0 Å². The van der Waals surface area contributed by atoms with Gasteiger partial charge in [0.2, 0.25) is 5.95 Å². The van der Waals surface area contributed by atoms with E-state index in [0.29, 0.717) is 64.4 Å². The minimum absolute atomic E-state index is 0.0991. The molecule has 3 saturated heterocycles. The summed E-state index contributed by atoms with van der Waals surface area (Å²) in [4.78, 5) is 16.9. The van der Waals surface area contributed by atoms with Crippen LogP contribution in [-0.4, -0.2) is 79.8 Å². The molecule has 0 aromatic carbocycles. The van der Waals surface area contributed by atoms with E-state index >= 15 is 0 Å². The fourth-order valence-electron chi connectivity index (χ4n) is 4.19. The molecule has 0 amide bonds. The maximum Gasteiger partial charge on any atom is 0.417 e. The van der Waals surface area contributed by atoms with Gasteiger partial charge in [-0.1, -0.05) is 0 Å². The zero-order valence-electron chi connectivity index (χ0n) is 17.2. The Morgan fingerprint density at radius 2 is 1.62 bits per heavy atom. The highest BCUT2D eigenvalue weighted by Crippen LogP contribution is 2.38. The topological polar surface area (TPSA) is 98.9 Å². The predicted molar refractivity (Wildman–Crippen MR) is 109 cm³/mol. The van der Waals surface area contributed by atoms with Gasteiger partial charge in [-0.15, -0.1) is 0 Å². The largest absolute Gasteiger partial charge is 0.417 e. The summed E-state index contributed by atoms with van der Waals surface area (Å²) < 4.78 is 58.3. The highest BCUT2D eigenvalue weighted by atomic mass is 19.4. The highest BCUT2D eigenvalue weighted by Gasteiger charge is 2.38. The number of nitrogens with zero attached hydrogens (tertiary/aromatic N) is 5. The summed E-state index contributed by atoms with van der Waals surface area (Å²) >= 11 is 0. The minimum atomic E-state index is -4.61. The third-order valence-electron chi connectivity index (χ3n) is 5.79. The number of morpholine rings is 1. The van der Waals surface area contributed by atoms with Gasteiger partial charge in [0.15, 0.2) is 0 Å². The summed E-state index contributed by atoms with van der Waals surface area (Å²) in [6.07, 6.45) is -3.69. The first-order valence-corrected chi connectivity index (χ1v) is 10.4. The number of nitrogen functional groups attached to an aromatic ring is 1. The van der Waals surface area contributed by atoms with Crippen molar-refractivity contribution in [2.45, 2.75) is 18.4 Å². The number of hydrogen-bond donors (Lipinski definition) is 1. The van der Waals surface area contributed by atoms with Crippen molar-refractivity contribution in [2.24, 2.45) is 0 Å².